The maximum atomic E-state index is 12.8. The van der Waals surface area contributed by atoms with Crippen LogP contribution in [0.25, 0.3) is 22.6 Å². The van der Waals surface area contributed by atoms with Crippen molar-refractivity contribution in [1.82, 2.24) is 10.3 Å². The van der Waals surface area contributed by atoms with Gasteiger partial charge in [-0.2, -0.15) is 0 Å². The molecule has 5 nitrogen and oxygen atoms in total. The highest BCUT2D eigenvalue weighted by Gasteiger charge is 2.51. The zero-order valence-corrected chi connectivity index (χ0v) is 19.7. The summed E-state index contributed by atoms with van der Waals surface area (Å²) in [5, 5.41) is 6.42. The molecule has 0 unspecified atom stereocenters. The van der Waals surface area contributed by atoms with Gasteiger partial charge < -0.3 is 15.1 Å². The van der Waals surface area contributed by atoms with Gasteiger partial charge in [-0.1, -0.05) is 6.07 Å². The first-order valence-electron chi connectivity index (χ1n) is 12.0. The number of amides is 1. The Hall–Kier alpha value is -2.73. The number of thiocarbonyl (C=S) groups is 1. The summed E-state index contributed by atoms with van der Waals surface area (Å²) in [6.07, 6.45) is 8.45. The molecule has 0 aliphatic heterocycles. The Bertz CT molecular complexity index is 1190. The number of carbonyl (C=O) groups excluding carboxylic acids is 1. The molecular formula is C27H29N3O2S. The monoisotopic (exact) mass is 459 g/mol. The first kappa shape index (κ1) is 20.8. The van der Waals surface area contributed by atoms with Crippen LogP contribution in [-0.2, 0) is 4.79 Å². The van der Waals surface area contributed by atoms with Crippen molar-refractivity contribution in [3.8, 4) is 11.5 Å². The van der Waals surface area contributed by atoms with Crippen LogP contribution in [0.1, 0.15) is 50.5 Å². The molecule has 4 aliphatic rings. The summed E-state index contributed by atoms with van der Waals surface area (Å²) in [4.78, 5) is 17.4. The Morgan fingerprint density at radius 3 is 2.39 bits per heavy atom. The van der Waals surface area contributed by atoms with Crippen LogP contribution in [-0.4, -0.2) is 16.0 Å². The lowest BCUT2D eigenvalue weighted by Crippen LogP contribution is -2.48. The number of benzene rings is 2. The van der Waals surface area contributed by atoms with Crippen molar-refractivity contribution in [3.05, 3.63) is 48.0 Å². The van der Waals surface area contributed by atoms with E-state index in [-0.39, 0.29) is 11.3 Å². The Morgan fingerprint density at radius 2 is 1.73 bits per heavy atom. The fourth-order valence-electron chi connectivity index (χ4n) is 7.04. The molecule has 4 saturated carbocycles. The molecule has 2 N–H and O–H groups in total. The van der Waals surface area contributed by atoms with Gasteiger partial charge in [-0.25, -0.2) is 4.98 Å². The first-order valence-corrected chi connectivity index (χ1v) is 12.4. The van der Waals surface area contributed by atoms with E-state index >= 15 is 0 Å². The van der Waals surface area contributed by atoms with E-state index in [1.54, 1.807) is 0 Å². The number of aromatic nitrogens is 1. The van der Waals surface area contributed by atoms with Gasteiger partial charge in [0.15, 0.2) is 10.7 Å². The number of aryl methyl sites for hydroxylation is 1. The van der Waals surface area contributed by atoms with Gasteiger partial charge in [-0.3, -0.25) is 4.79 Å². The van der Waals surface area contributed by atoms with E-state index in [9.17, 15) is 4.79 Å². The van der Waals surface area contributed by atoms with Gasteiger partial charge >= 0.3 is 0 Å². The number of hydrogen-bond donors (Lipinski definition) is 2. The minimum atomic E-state index is 0.0489. The maximum Gasteiger partial charge on any atom is 0.227 e. The number of oxazole rings is 1. The van der Waals surface area contributed by atoms with Gasteiger partial charge in [0.2, 0.25) is 11.8 Å². The van der Waals surface area contributed by atoms with Gasteiger partial charge in [0.25, 0.3) is 0 Å². The second kappa shape index (κ2) is 7.94. The van der Waals surface area contributed by atoms with Crippen molar-refractivity contribution in [2.24, 2.45) is 23.2 Å². The lowest BCUT2D eigenvalue weighted by molar-refractivity contribution is -0.127. The quantitative estimate of drug-likeness (QED) is 0.453. The maximum absolute atomic E-state index is 12.8. The van der Waals surface area contributed by atoms with E-state index in [0.717, 1.165) is 45.7 Å². The van der Waals surface area contributed by atoms with Gasteiger partial charge in [-0.05, 0) is 123 Å². The molecule has 0 spiro atoms. The zero-order valence-electron chi connectivity index (χ0n) is 18.9. The Balaban J connectivity index is 1.07. The summed E-state index contributed by atoms with van der Waals surface area (Å²) in [5.41, 5.74) is 4.72. The van der Waals surface area contributed by atoms with Gasteiger partial charge in [0, 0.05) is 17.7 Å². The van der Waals surface area contributed by atoms with Crippen molar-refractivity contribution in [1.29, 1.82) is 0 Å². The number of hydrogen-bond acceptors (Lipinski definition) is 4. The lowest BCUT2D eigenvalue weighted by atomic mass is 9.49. The molecule has 4 aliphatic carbocycles. The van der Waals surface area contributed by atoms with E-state index in [0.29, 0.717) is 17.4 Å². The third kappa shape index (κ3) is 4.17. The number of nitrogens with zero attached hydrogens (tertiary/aromatic N) is 1. The largest absolute Gasteiger partial charge is 0.436 e. The van der Waals surface area contributed by atoms with Crippen molar-refractivity contribution < 1.29 is 9.21 Å². The smallest absolute Gasteiger partial charge is 0.227 e. The second-order valence-electron chi connectivity index (χ2n) is 10.7. The Kier molecular flexibility index (Phi) is 5.02. The summed E-state index contributed by atoms with van der Waals surface area (Å²) in [6, 6.07) is 13.7. The topological polar surface area (TPSA) is 67.2 Å². The van der Waals surface area contributed by atoms with Crippen LogP contribution in [0.5, 0.6) is 0 Å². The number of anilines is 1. The lowest BCUT2D eigenvalue weighted by Gasteiger charge is -2.56. The van der Waals surface area contributed by atoms with Crippen LogP contribution in [0.4, 0.5) is 5.69 Å². The average molecular weight is 460 g/mol. The average Bonchev–Trinajstić information content (AvgIpc) is 3.15. The van der Waals surface area contributed by atoms with Crippen LogP contribution >= 0.6 is 12.2 Å². The molecule has 1 aromatic heterocycles. The van der Waals surface area contributed by atoms with E-state index in [4.69, 9.17) is 16.6 Å². The molecular weight excluding hydrogens is 430 g/mol. The predicted octanol–water partition coefficient (Wildman–Crippen LogP) is 6.22. The Labute approximate surface area is 199 Å². The molecule has 170 valence electrons. The molecule has 4 fully saturated rings. The van der Waals surface area contributed by atoms with Crippen molar-refractivity contribution in [3.63, 3.8) is 0 Å². The third-order valence-electron chi connectivity index (χ3n) is 7.89. The number of carbonyl (C=O) groups is 1. The van der Waals surface area contributed by atoms with Crippen molar-refractivity contribution in [2.75, 3.05) is 5.32 Å². The summed E-state index contributed by atoms with van der Waals surface area (Å²) < 4.78 is 5.88. The summed E-state index contributed by atoms with van der Waals surface area (Å²) in [5.74, 6) is 3.18. The van der Waals surface area contributed by atoms with Crippen LogP contribution < -0.4 is 10.6 Å². The van der Waals surface area contributed by atoms with Crippen molar-refractivity contribution in [2.45, 2.75) is 51.9 Å². The second-order valence-corrected chi connectivity index (χ2v) is 11.1. The normalized spacial score (nSPS) is 27.6. The van der Waals surface area contributed by atoms with Crippen LogP contribution in [0.15, 0.2) is 46.9 Å². The highest BCUT2D eigenvalue weighted by molar-refractivity contribution is 7.80. The standard InChI is InChI=1S/C27H29N3O2S/c1-16-2-7-23-22(8-16)29-25(32-23)20-3-5-21(6-4-20)28-26(33)30-24(31)15-27-12-17-9-18(13-27)11-19(10-17)14-27/h2-8,17-19H,9-15H2,1H3,(H2,28,30,31,33). The van der Waals surface area contributed by atoms with E-state index in [2.05, 4.69) is 15.6 Å². The van der Waals surface area contributed by atoms with Gasteiger partial charge in [0.05, 0.1) is 0 Å². The van der Waals surface area contributed by atoms with Crippen molar-refractivity contribution >= 4 is 40.0 Å². The highest BCUT2D eigenvalue weighted by atomic mass is 32.1. The van der Waals surface area contributed by atoms with Crippen LogP contribution in [0.3, 0.4) is 0 Å². The number of nitrogens with one attached hydrogen (secondary N) is 2. The predicted molar refractivity (Wildman–Crippen MR) is 134 cm³/mol. The molecule has 0 saturated heterocycles. The number of fused-ring (bicyclic) bond motifs is 1. The number of rotatable bonds is 4. The molecule has 7 rings (SSSR count). The first-order chi connectivity index (χ1) is 15.9. The minimum Gasteiger partial charge on any atom is -0.436 e. The van der Waals surface area contributed by atoms with Crippen LogP contribution in [0.2, 0.25) is 0 Å². The molecule has 1 amide bonds. The third-order valence-corrected chi connectivity index (χ3v) is 8.09. The highest BCUT2D eigenvalue weighted by Crippen LogP contribution is 2.61. The summed E-state index contributed by atoms with van der Waals surface area (Å²) >= 11 is 5.43. The van der Waals surface area contributed by atoms with Gasteiger partial charge in [-0.15, -0.1) is 0 Å². The van der Waals surface area contributed by atoms with E-state index in [1.807, 2.05) is 49.4 Å². The summed E-state index contributed by atoms with van der Waals surface area (Å²) in [7, 11) is 0. The zero-order chi connectivity index (χ0) is 22.6. The fraction of sp³-hybridized carbons (Fsp3) is 0.444. The van der Waals surface area contributed by atoms with E-state index in [1.165, 1.54) is 38.5 Å². The molecule has 2 aromatic carbocycles. The molecule has 6 heteroatoms. The van der Waals surface area contributed by atoms with Crippen LogP contribution in [0, 0.1) is 30.1 Å². The Morgan fingerprint density at radius 1 is 1.06 bits per heavy atom. The molecule has 33 heavy (non-hydrogen) atoms. The van der Waals surface area contributed by atoms with E-state index < -0.39 is 0 Å². The minimum absolute atomic E-state index is 0.0489. The molecule has 1 heterocycles. The van der Waals surface area contributed by atoms with Gasteiger partial charge in [0.1, 0.15) is 5.52 Å². The SMILES string of the molecule is Cc1ccc2oc(-c3ccc(NC(=S)NC(=O)CC45CC6CC(CC(C6)C4)C5)cc3)nc2c1. The molecule has 0 radical (unpaired) electrons. The summed E-state index contributed by atoms with van der Waals surface area (Å²) in [6.45, 7) is 2.04. The molecule has 3 aromatic rings. The molecule has 0 atom stereocenters. The molecule has 4 bridgehead atoms. The fourth-order valence-corrected chi connectivity index (χ4v) is 7.27.